The minimum Gasteiger partial charge on any atom is -0.496 e. The quantitative estimate of drug-likeness (QED) is 0.564. The van der Waals surface area contributed by atoms with E-state index in [-0.39, 0.29) is 19.0 Å². The monoisotopic (exact) mass is 371 g/mol. The van der Waals surface area contributed by atoms with Crippen molar-refractivity contribution in [2.24, 2.45) is 0 Å². The van der Waals surface area contributed by atoms with Gasteiger partial charge in [0, 0.05) is 22.6 Å². The molecule has 0 aliphatic heterocycles. The molecule has 0 spiro atoms. The molecule has 26 heavy (non-hydrogen) atoms. The van der Waals surface area contributed by atoms with Crippen LogP contribution in [-0.4, -0.2) is 18.1 Å². The lowest BCUT2D eigenvalue weighted by Crippen LogP contribution is -2.07. The highest BCUT2D eigenvalue weighted by Gasteiger charge is 2.11. The smallest absolute Gasteiger partial charge is 0.306 e. The Labute approximate surface area is 156 Å². The fourth-order valence-corrected chi connectivity index (χ4v) is 2.66. The average molecular weight is 372 g/mol. The maximum Gasteiger partial charge on any atom is 0.306 e. The van der Waals surface area contributed by atoms with Crippen molar-refractivity contribution in [3.05, 3.63) is 71.2 Å². The van der Waals surface area contributed by atoms with E-state index in [0.29, 0.717) is 28.8 Å². The van der Waals surface area contributed by atoms with Crippen molar-refractivity contribution in [1.82, 2.24) is 4.98 Å². The van der Waals surface area contributed by atoms with Gasteiger partial charge >= 0.3 is 5.97 Å². The number of benzene rings is 2. The third-order valence-corrected chi connectivity index (χ3v) is 4.02. The zero-order valence-electron chi connectivity index (χ0n) is 14.3. The van der Waals surface area contributed by atoms with Crippen molar-refractivity contribution in [2.45, 2.75) is 19.4 Å². The van der Waals surface area contributed by atoms with Crippen LogP contribution < -0.4 is 4.74 Å². The van der Waals surface area contributed by atoms with Crippen molar-refractivity contribution in [3.63, 3.8) is 0 Å². The second-order valence-corrected chi connectivity index (χ2v) is 6.04. The van der Waals surface area contributed by atoms with E-state index < -0.39 is 0 Å². The summed E-state index contributed by atoms with van der Waals surface area (Å²) < 4.78 is 16.2. The van der Waals surface area contributed by atoms with Gasteiger partial charge in [-0.15, -0.1) is 0 Å². The van der Waals surface area contributed by atoms with E-state index in [1.165, 1.54) is 0 Å². The van der Waals surface area contributed by atoms with Crippen LogP contribution in [0.2, 0.25) is 5.02 Å². The van der Waals surface area contributed by atoms with Gasteiger partial charge in [-0.25, -0.2) is 4.98 Å². The topological polar surface area (TPSA) is 61.6 Å². The van der Waals surface area contributed by atoms with Gasteiger partial charge in [-0.2, -0.15) is 0 Å². The molecule has 0 N–H and O–H groups in total. The predicted octanol–water partition coefficient (Wildman–Crippen LogP) is 4.68. The average Bonchev–Trinajstić information content (AvgIpc) is 3.14. The van der Waals surface area contributed by atoms with Crippen molar-refractivity contribution >= 4 is 17.6 Å². The molecule has 0 atom stereocenters. The number of esters is 1. The Morgan fingerprint density at radius 3 is 2.77 bits per heavy atom. The van der Waals surface area contributed by atoms with Crippen LogP contribution in [0.5, 0.6) is 5.75 Å². The summed E-state index contributed by atoms with van der Waals surface area (Å²) in [5.41, 5.74) is 1.66. The van der Waals surface area contributed by atoms with Gasteiger partial charge in [0.2, 0.25) is 0 Å². The van der Waals surface area contributed by atoms with Gasteiger partial charge in [-0.3, -0.25) is 4.79 Å². The molecule has 5 nitrogen and oxygen atoms in total. The van der Waals surface area contributed by atoms with Crippen molar-refractivity contribution in [3.8, 4) is 17.1 Å². The number of hydrogen-bond donors (Lipinski definition) is 0. The Morgan fingerprint density at radius 1 is 1.19 bits per heavy atom. The minimum absolute atomic E-state index is 0.101. The van der Waals surface area contributed by atoms with Crippen LogP contribution in [0.3, 0.4) is 0 Å². The molecular formula is C20H18ClNO4. The summed E-state index contributed by atoms with van der Waals surface area (Å²) in [5, 5.41) is 0.560. The molecule has 6 heteroatoms. The van der Waals surface area contributed by atoms with Crippen LogP contribution in [0.4, 0.5) is 0 Å². The van der Waals surface area contributed by atoms with E-state index in [0.717, 1.165) is 11.1 Å². The highest BCUT2D eigenvalue weighted by Crippen LogP contribution is 2.24. The molecule has 0 fully saturated rings. The fraction of sp³-hybridized carbons (Fsp3) is 0.200. The zero-order valence-corrected chi connectivity index (χ0v) is 15.0. The Bertz CT molecular complexity index is 877. The van der Waals surface area contributed by atoms with Crippen LogP contribution in [-0.2, 0) is 22.6 Å². The molecule has 0 bridgehead atoms. The number of carbonyl (C=O) groups excluding carboxylic acids is 1. The number of carbonyl (C=O) groups is 1. The maximum atomic E-state index is 12.0. The number of methoxy groups -OCH3 is 1. The van der Waals surface area contributed by atoms with E-state index in [1.54, 1.807) is 31.5 Å². The normalized spacial score (nSPS) is 10.5. The summed E-state index contributed by atoms with van der Waals surface area (Å²) in [6.07, 6.45) is 2.21. The largest absolute Gasteiger partial charge is 0.496 e. The molecule has 134 valence electrons. The fourth-order valence-electron chi connectivity index (χ4n) is 2.46. The summed E-state index contributed by atoms with van der Waals surface area (Å²) in [6.45, 7) is 0.101. The number of aryl methyl sites for hydroxylation is 1. The van der Waals surface area contributed by atoms with Gasteiger partial charge in [0.25, 0.3) is 0 Å². The summed E-state index contributed by atoms with van der Waals surface area (Å²) in [5.74, 6) is 1.47. The SMILES string of the molecule is COc1ccc(Cl)cc1COC(=O)CCc1ncc(-c2ccccc2)o1. The Kier molecular flexibility index (Phi) is 5.92. The van der Waals surface area contributed by atoms with Crippen molar-refractivity contribution in [2.75, 3.05) is 7.11 Å². The van der Waals surface area contributed by atoms with E-state index in [1.807, 2.05) is 30.3 Å². The molecule has 1 heterocycles. The lowest BCUT2D eigenvalue weighted by Gasteiger charge is -2.09. The molecule has 0 amide bonds. The number of nitrogens with zero attached hydrogens (tertiary/aromatic N) is 1. The lowest BCUT2D eigenvalue weighted by atomic mass is 10.2. The number of ether oxygens (including phenoxy) is 2. The first kappa shape index (κ1) is 18.0. The number of aromatic nitrogens is 1. The molecule has 0 radical (unpaired) electrons. The van der Waals surface area contributed by atoms with E-state index in [2.05, 4.69) is 4.98 Å². The Morgan fingerprint density at radius 2 is 2.00 bits per heavy atom. The third-order valence-electron chi connectivity index (χ3n) is 3.79. The van der Waals surface area contributed by atoms with Crippen LogP contribution in [0, 0.1) is 0 Å². The first-order valence-electron chi connectivity index (χ1n) is 8.14. The first-order valence-corrected chi connectivity index (χ1v) is 8.51. The zero-order chi connectivity index (χ0) is 18.4. The number of rotatable bonds is 7. The number of halogens is 1. The van der Waals surface area contributed by atoms with E-state index in [9.17, 15) is 4.79 Å². The molecule has 3 rings (SSSR count). The van der Waals surface area contributed by atoms with Gasteiger partial charge in [0.1, 0.15) is 12.4 Å². The van der Waals surface area contributed by atoms with Gasteiger partial charge in [0.05, 0.1) is 19.7 Å². The lowest BCUT2D eigenvalue weighted by molar-refractivity contribution is -0.145. The van der Waals surface area contributed by atoms with E-state index >= 15 is 0 Å². The predicted molar refractivity (Wildman–Crippen MR) is 98.1 cm³/mol. The molecule has 0 aliphatic carbocycles. The molecule has 0 unspecified atom stereocenters. The molecule has 3 aromatic rings. The van der Waals surface area contributed by atoms with Crippen LogP contribution in [0.1, 0.15) is 17.9 Å². The molecule has 1 aromatic heterocycles. The number of oxazole rings is 1. The van der Waals surface area contributed by atoms with Crippen LogP contribution in [0.15, 0.2) is 59.1 Å². The molecule has 2 aromatic carbocycles. The highest BCUT2D eigenvalue weighted by molar-refractivity contribution is 6.30. The van der Waals surface area contributed by atoms with Crippen molar-refractivity contribution < 1.29 is 18.7 Å². The van der Waals surface area contributed by atoms with Crippen LogP contribution >= 0.6 is 11.6 Å². The summed E-state index contributed by atoms with van der Waals surface area (Å²) in [6, 6.07) is 14.9. The summed E-state index contributed by atoms with van der Waals surface area (Å²) >= 11 is 5.97. The minimum atomic E-state index is -0.341. The highest BCUT2D eigenvalue weighted by atomic mass is 35.5. The molecule has 0 aliphatic rings. The first-order chi connectivity index (χ1) is 12.7. The summed E-state index contributed by atoms with van der Waals surface area (Å²) in [7, 11) is 1.56. The van der Waals surface area contributed by atoms with Gasteiger partial charge in [-0.05, 0) is 18.2 Å². The third kappa shape index (κ3) is 4.64. The standard InChI is InChI=1S/C20H18ClNO4/c1-24-17-8-7-16(21)11-15(17)13-25-20(23)10-9-19-22-12-18(26-19)14-5-3-2-4-6-14/h2-8,11-12H,9-10,13H2,1H3. The summed E-state index contributed by atoms with van der Waals surface area (Å²) in [4.78, 5) is 16.2. The Balaban J connectivity index is 1.52. The molecule has 0 saturated carbocycles. The Hall–Kier alpha value is -2.79. The van der Waals surface area contributed by atoms with Crippen molar-refractivity contribution in [1.29, 1.82) is 0 Å². The second-order valence-electron chi connectivity index (χ2n) is 5.60. The van der Waals surface area contributed by atoms with Crippen LogP contribution in [0.25, 0.3) is 11.3 Å². The maximum absolute atomic E-state index is 12.0. The number of hydrogen-bond acceptors (Lipinski definition) is 5. The molecular weight excluding hydrogens is 354 g/mol. The van der Waals surface area contributed by atoms with Gasteiger partial charge < -0.3 is 13.9 Å². The van der Waals surface area contributed by atoms with Gasteiger partial charge in [-0.1, -0.05) is 41.9 Å². The molecule has 0 saturated heterocycles. The van der Waals surface area contributed by atoms with Gasteiger partial charge in [0.15, 0.2) is 11.7 Å². The van der Waals surface area contributed by atoms with E-state index in [4.69, 9.17) is 25.5 Å². The second kappa shape index (κ2) is 8.54.